The van der Waals surface area contributed by atoms with Gasteiger partial charge in [0.2, 0.25) is 5.91 Å². The zero-order valence-electron chi connectivity index (χ0n) is 24.4. The number of hydrogen-bond donors (Lipinski definition) is 2. The van der Waals surface area contributed by atoms with Crippen molar-refractivity contribution in [2.75, 3.05) is 18.5 Å². The molecule has 43 heavy (non-hydrogen) atoms. The second-order valence-corrected chi connectivity index (χ2v) is 10.9. The Balaban J connectivity index is 1.20. The van der Waals surface area contributed by atoms with Crippen molar-refractivity contribution in [3.63, 3.8) is 0 Å². The third kappa shape index (κ3) is 7.97. The van der Waals surface area contributed by atoms with Crippen molar-refractivity contribution in [2.45, 2.75) is 51.2 Å². The molecule has 0 aliphatic carbocycles. The van der Waals surface area contributed by atoms with Gasteiger partial charge in [-0.3, -0.25) is 14.8 Å². The van der Waals surface area contributed by atoms with Crippen LogP contribution in [-0.4, -0.2) is 41.9 Å². The number of amides is 1. The minimum Gasteiger partial charge on any atom is -0.375 e. The Morgan fingerprint density at radius 3 is 2.47 bits per heavy atom. The van der Waals surface area contributed by atoms with Gasteiger partial charge >= 0.3 is 0 Å². The molecular weight excluding hydrogens is 546 g/mol. The molecule has 4 aromatic rings. The monoisotopic (exact) mass is 582 g/mol. The number of ether oxygens (including phenoxy) is 1. The molecule has 8 heteroatoms. The summed E-state index contributed by atoms with van der Waals surface area (Å²) in [7, 11) is 0. The molecule has 1 aliphatic rings. The predicted molar refractivity (Wildman–Crippen MR) is 166 cm³/mol. The Labute approximate surface area is 251 Å². The zero-order valence-corrected chi connectivity index (χ0v) is 24.4. The molecule has 6 nitrogen and oxygen atoms in total. The topological polar surface area (TPSA) is 75.6 Å². The van der Waals surface area contributed by atoms with Crippen LogP contribution in [0.3, 0.4) is 0 Å². The van der Waals surface area contributed by atoms with Crippen LogP contribution < -0.4 is 10.6 Å². The fourth-order valence-electron chi connectivity index (χ4n) is 5.36. The van der Waals surface area contributed by atoms with Gasteiger partial charge in [-0.1, -0.05) is 60.7 Å². The van der Waals surface area contributed by atoms with Crippen LogP contribution in [0.15, 0.2) is 96.2 Å². The van der Waals surface area contributed by atoms with Crippen molar-refractivity contribution in [2.24, 2.45) is 4.99 Å². The van der Waals surface area contributed by atoms with E-state index in [1.54, 1.807) is 12.1 Å². The number of pyridine rings is 1. The van der Waals surface area contributed by atoms with Crippen LogP contribution in [-0.2, 0) is 16.0 Å². The van der Waals surface area contributed by atoms with Crippen LogP contribution in [0.2, 0.25) is 0 Å². The summed E-state index contributed by atoms with van der Waals surface area (Å²) in [6.07, 6.45) is 3.58. The van der Waals surface area contributed by atoms with E-state index in [-0.39, 0.29) is 36.2 Å². The second-order valence-electron chi connectivity index (χ2n) is 10.9. The lowest BCUT2D eigenvalue weighted by atomic mass is 9.88. The summed E-state index contributed by atoms with van der Waals surface area (Å²) in [6.45, 7) is 5.11. The number of carbonyl (C=O) groups is 1. The standard InChI is InChI=1S/C35H36F2N4O2/c1-23-8-6-7-11-32(23)40-24(2)34-22-43-28(19-39-34)16-17-29-31(37)20-38-21-33(29)41-35(42)18-30(25-9-4-3-5-10-25)26-12-14-27(36)15-13-26/h3-15,20-21,28,30,34,39H,16-19,22H2,1-2H3,(H,41,42)/t28-,30-,34+/m1/s1. The van der Waals surface area contributed by atoms with E-state index >= 15 is 0 Å². The fourth-order valence-corrected chi connectivity index (χ4v) is 5.36. The third-order valence-electron chi connectivity index (χ3n) is 7.87. The van der Waals surface area contributed by atoms with E-state index < -0.39 is 5.82 Å². The zero-order chi connectivity index (χ0) is 30.2. The lowest BCUT2D eigenvalue weighted by Crippen LogP contribution is -2.49. The van der Waals surface area contributed by atoms with Gasteiger partial charge in [-0.25, -0.2) is 8.78 Å². The van der Waals surface area contributed by atoms with Gasteiger partial charge in [0.1, 0.15) is 11.6 Å². The van der Waals surface area contributed by atoms with Crippen LogP contribution in [0.1, 0.15) is 47.9 Å². The first-order valence-electron chi connectivity index (χ1n) is 14.6. The van der Waals surface area contributed by atoms with Crippen molar-refractivity contribution in [1.29, 1.82) is 0 Å². The van der Waals surface area contributed by atoms with Crippen molar-refractivity contribution < 1.29 is 18.3 Å². The molecule has 3 atom stereocenters. The number of nitrogens with zero attached hydrogens (tertiary/aromatic N) is 2. The highest BCUT2D eigenvalue weighted by Gasteiger charge is 2.25. The first kappa shape index (κ1) is 30.2. The van der Waals surface area contributed by atoms with E-state index in [0.29, 0.717) is 37.2 Å². The van der Waals surface area contributed by atoms with E-state index in [4.69, 9.17) is 9.73 Å². The largest absolute Gasteiger partial charge is 0.375 e. The first-order valence-corrected chi connectivity index (χ1v) is 14.6. The average Bonchev–Trinajstić information content (AvgIpc) is 3.02. The van der Waals surface area contributed by atoms with Gasteiger partial charge in [-0.15, -0.1) is 0 Å². The maximum atomic E-state index is 15.0. The van der Waals surface area contributed by atoms with Crippen molar-refractivity contribution in [3.8, 4) is 0 Å². The van der Waals surface area contributed by atoms with Gasteiger partial charge in [0, 0.05) is 30.2 Å². The van der Waals surface area contributed by atoms with Crippen molar-refractivity contribution in [3.05, 3.63) is 125 Å². The Kier molecular flexibility index (Phi) is 10.0. The van der Waals surface area contributed by atoms with E-state index in [9.17, 15) is 13.6 Å². The van der Waals surface area contributed by atoms with Crippen LogP contribution in [0.25, 0.3) is 0 Å². The molecule has 0 spiro atoms. The molecule has 1 fully saturated rings. The molecule has 5 rings (SSSR count). The van der Waals surface area contributed by atoms with Crippen LogP contribution in [0, 0.1) is 18.6 Å². The molecule has 1 aliphatic heterocycles. The number of para-hydroxylation sites is 1. The average molecular weight is 583 g/mol. The summed E-state index contributed by atoms with van der Waals surface area (Å²) in [5, 5.41) is 6.39. The van der Waals surface area contributed by atoms with Gasteiger partial charge in [-0.2, -0.15) is 0 Å². The maximum absolute atomic E-state index is 15.0. The molecule has 2 heterocycles. The number of rotatable bonds is 10. The maximum Gasteiger partial charge on any atom is 0.225 e. The summed E-state index contributed by atoms with van der Waals surface area (Å²) in [5.74, 6) is -1.39. The predicted octanol–water partition coefficient (Wildman–Crippen LogP) is 6.91. The number of morpholine rings is 1. The van der Waals surface area contributed by atoms with E-state index in [2.05, 4.69) is 15.6 Å². The number of hydrogen-bond acceptors (Lipinski definition) is 5. The summed E-state index contributed by atoms with van der Waals surface area (Å²) < 4.78 is 34.7. The third-order valence-corrected chi connectivity index (χ3v) is 7.87. The van der Waals surface area contributed by atoms with Gasteiger partial charge in [-0.05, 0) is 61.6 Å². The van der Waals surface area contributed by atoms with Gasteiger partial charge in [0.05, 0.1) is 42.5 Å². The minimum absolute atomic E-state index is 0.00188. The highest BCUT2D eigenvalue weighted by molar-refractivity contribution is 5.92. The first-order chi connectivity index (χ1) is 20.9. The molecule has 1 saturated heterocycles. The van der Waals surface area contributed by atoms with Gasteiger partial charge in [0.25, 0.3) is 0 Å². The molecule has 3 aromatic carbocycles. The molecule has 2 N–H and O–H groups in total. The molecule has 1 amide bonds. The Bertz CT molecular complexity index is 1550. The lowest BCUT2D eigenvalue weighted by Gasteiger charge is -2.30. The summed E-state index contributed by atoms with van der Waals surface area (Å²) >= 11 is 0. The lowest BCUT2D eigenvalue weighted by molar-refractivity contribution is -0.116. The number of benzene rings is 3. The molecule has 0 radical (unpaired) electrons. The van der Waals surface area contributed by atoms with Crippen LogP contribution in [0.5, 0.6) is 0 Å². The van der Waals surface area contributed by atoms with Gasteiger partial charge in [0.15, 0.2) is 0 Å². The molecule has 222 valence electrons. The quantitative estimate of drug-likeness (QED) is 0.199. The normalized spacial score (nSPS) is 17.8. The van der Waals surface area contributed by atoms with E-state index in [0.717, 1.165) is 34.3 Å². The fraction of sp³-hybridized carbons (Fsp3) is 0.286. The Morgan fingerprint density at radius 1 is 1.02 bits per heavy atom. The van der Waals surface area contributed by atoms with Crippen LogP contribution in [0.4, 0.5) is 20.2 Å². The Hall–Kier alpha value is -4.27. The molecule has 0 unspecified atom stereocenters. The Morgan fingerprint density at radius 2 is 1.74 bits per heavy atom. The molecule has 0 bridgehead atoms. The number of aliphatic imine (C=N–C) groups is 1. The summed E-state index contributed by atoms with van der Waals surface area (Å²) in [5.41, 5.74) is 5.50. The number of anilines is 1. The second kappa shape index (κ2) is 14.3. The number of aromatic nitrogens is 1. The highest BCUT2D eigenvalue weighted by Crippen LogP contribution is 2.30. The summed E-state index contributed by atoms with van der Waals surface area (Å²) in [6, 6.07) is 23.8. The molecule has 1 aromatic heterocycles. The van der Waals surface area contributed by atoms with Gasteiger partial charge < -0.3 is 15.4 Å². The number of aryl methyl sites for hydroxylation is 1. The molecular formula is C35H36F2N4O2. The van der Waals surface area contributed by atoms with E-state index in [1.807, 2.05) is 68.4 Å². The SMILES string of the molecule is CC(=Nc1ccccc1C)[C@@H]1CO[C@H](CCc2c(F)cncc2NC(=O)C[C@H](c2ccccc2)c2ccc(F)cc2)CN1. The van der Waals surface area contributed by atoms with Crippen molar-refractivity contribution >= 4 is 23.0 Å². The summed E-state index contributed by atoms with van der Waals surface area (Å²) in [4.78, 5) is 22.0. The number of carbonyl (C=O) groups excluding carboxylic acids is 1. The van der Waals surface area contributed by atoms with Crippen LogP contribution >= 0.6 is 0 Å². The smallest absolute Gasteiger partial charge is 0.225 e. The minimum atomic E-state index is -0.473. The van der Waals surface area contributed by atoms with E-state index in [1.165, 1.54) is 18.3 Å². The van der Waals surface area contributed by atoms with Crippen molar-refractivity contribution in [1.82, 2.24) is 10.3 Å². The number of halogens is 2. The number of nitrogens with one attached hydrogen (secondary N) is 2. The highest BCUT2D eigenvalue weighted by atomic mass is 19.1. The molecule has 0 saturated carbocycles.